The van der Waals surface area contributed by atoms with Crippen LogP contribution in [-0.4, -0.2) is 45.0 Å². The number of hydrogen-bond acceptors (Lipinski definition) is 7. The zero-order valence-corrected chi connectivity index (χ0v) is 22.8. The fraction of sp³-hybridized carbons (Fsp3) is 0.0625. The molecule has 0 aliphatic carbocycles. The van der Waals surface area contributed by atoms with Crippen LogP contribution in [0.15, 0.2) is 102 Å². The Labute approximate surface area is 244 Å². The summed E-state index contributed by atoms with van der Waals surface area (Å²) in [6.07, 6.45) is 1.52. The van der Waals surface area contributed by atoms with Gasteiger partial charge in [-0.15, -0.1) is 0 Å². The molecule has 1 aromatic heterocycles. The number of rotatable bonds is 7. The van der Waals surface area contributed by atoms with Gasteiger partial charge in [0.25, 0.3) is 22.7 Å². The van der Waals surface area contributed by atoms with Crippen LogP contribution in [0.5, 0.6) is 0 Å². The summed E-state index contributed by atoms with van der Waals surface area (Å²) >= 11 is 0.788. The van der Waals surface area contributed by atoms with E-state index in [4.69, 9.17) is 4.98 Å². The molecule has 3 amide bonds. The van der Waals surface area contributed by atoms with Crippen LogP contribution >= 0.6 is 11.8 Å². The number of fused-ring (bicyclic) bond motifs is 2. The number of nitrogens with one attached hydrogen (secondary N) is 1. The van der Waals surface area contributed by atoms with E-state index in [1.165, 1.54) is 30.3 Å². The number of carbonyl (C=O) groups is 3. The smallest absolute Gasteiger partial charge is 0.293 e. The average Bonchev–Trinajstić information content (AvgIpc) is 3.27. The van der Waals surface area contributed by atoms with Gasteiger partial charge in [-0.3, -0.25) is 29.4 Å². The minimum absolute atomic E-state index is 0.00674. The first kappa shape index (κ1) is 26.9. The summed E-state index contributed by atoms with van der Waals surface area (Å²) in [4.78, 5) is 55.4. The van der Waals surface area contributed by atoms with E-state index >= 15 is 0 Å². The number of nitro groups is 1. The minimum atomic E-state index is -0.509. The molecule has 4 aromatic carbocycles. The molecule has 0 atom stereocenters. The molecule has 1 saturated heterocycles. The molecule has 0 radical (unpaired) electrons. The zero-order chi connectivity index (χ0) is 29.2. The molecule has 0 unspecified atom stereocenters. The number of thioether (sulfide) groups is 1. The number of hydrogen-bond donors (Lipinski definition) is 1. The average molecular weight is 575 g/mol. The third kappa shape index (κ3) is 5.23. The lowest BCUT2D eigenvalue weighted by Crippen LogP contribution is -2.37. The quantitative estimate of drug-likeness (QED) is 0.135. The number of para-hydroxylation sites is 1. The summed E-state index contributed by atoms with van der Waals surface area (Å²) in [7, 11) is 0. The van der Waals surface area contributed by atoms with Gasteiger partial charge in [0.2, 0.25) is 0 Å². The maximum atomic E-state index is 13.4. The highest BCUT2D eigenvalue weighted by Gasteiger charge is 2.34. The molecular weight excluding hydrogens is 552 g/mol. The topological polar surface area (TPSA) is 123 Å². The lowest BCUT2D eigenvalue weighted by atomic mass is 9.99. The van der Waals surface area contributed by atoms with Crippen molar-refractivity contribution in [1.29, 1.82) is 0 Å². The van der Waals surface area contributed by atoms with Gasteiger partial charge in [-0.05, 0) is 58.4 Å². The van der Waals surface area contributed by atoms with E-state index in [0.717, 1.165) is 33.0 Å². The Balaban J connectivity index is 1.20. The van der Waals surface area contributed by atoms with Gasteiger partial charge in [-0.25, -0.2) is 4.98 Å². The molecular formula is C32H22N4O5S. The highest BCUT2D eigenvalue weighted by molar-refractivity contribution is 8.18. The summed E-state index contributed by atoms with van der Waals surface area (Å²) in [5.74, 6) is -0.825. The normalized spacial score (nSPS) is 14.2. The second-order valence-corrected chi connectivity index (χ2v) is 10.5. The van der Waals surface area contributed by atoms with Gasteiger partial charge >= 0.3 is 0 Å². The molecule has 0 spiro atoms. The van der Waals surface area contributed by atoms with Gasteiger partial charge < -0.3 is 5.32 Å². The first-order chi connectivity index (χ1) is 20.4. The molecule has 206 valence electrons. The molecule has 0 bridgehead atoms. The molecule has 2 heterocycles. The first-order valence-corrected chi connectivity index (χ1v) is 13.9. The Morgan fingerprint density at radius 2 is 1.64 bits per heavy atom. The molecule has 10 heteroatoms. The molecule has 1 aliphatic rings. The number of pyridine rings is 1. The largest absolute Gasteiger partial charge is 0.350 e. The number of non-ortho nitro benzene ring substituents is 1. The molecule has 0 saturated carbocycles. The Bertz CT molecular complexity index is 1930. The summed E-state index contributed by atoms with van der Waals surface area (Å²) in [5.41, 5.74) is 3.18. The van der Waals surface area contributed by atoms with E-state index < -0.39 is 16.1 Å². The Morgan fingerprint density at radius 3 is 2.43 bits per heavy atom. The van der Waals surface area contributed by atoms with E-state index in [1.54, 1.807) is 6.07 Å². The predicted octanol–water partition coefficient (Wildman–Crippen LogP) is 6.43. The number of aromatic nitrogens is 1. The number of amides is 3. The SMILES string of the molecule is O=C(NCCN1C(=O)S/C(=C/c2ccc([N+](=O)[O-])cc2)C1=O)c1cc(-c2cccc3ccccc23)nc2ccccc12. The van der Waals surface area contributed by atoms with Gasteiger partial charge in [-0.1, -0.05) is 60.7 Å². The number of nitrogens with zero attached hydrogens (tertiary/aromatic N) is 3. The molecule has 1 fully saturated rings. The van der Waals surface area contributed by atoms with Crippen molar-refractivity contribution in [2.45, 2.75) is 0 Å². The van der Waals surface area contributed by atoms with Crippen molar-refractivity contribution in [2.75, 3.05) is 13.1 Å². The second-order valence-electron chi connectivity index (χ2n) is 9.54. The molecule has 5 aromatic rings. The van der Waals surface area contributed by atoms with Crippen molar-refractivity contribution < 1.29 is 19.3 Å². The van der Waals surface area contributed by atoms with Gasteiger partial charge in [0, 0.05) is 36.2 Å². The van der Waals surface area contributed by atoms with Crippen molar-refractivity contribution in [3.63, 3.8) is 0 Å². The monoisotopic (exact) mass is 574 g/mol. The zero-order valence-electron chi connectivity index (χ0n) is 22.0. The van der Waals surface area contributed by atoms with Crippen molar-refractivity contribution in [3.05, 3.63) is 123 Å². The molecule has 1 N–H and O–H groups in total. The number of carbonyl (C=O) groups excluding carboxylic acids is 3. The van der Waals surface area contributed by atoms with Gasteiger partial charge in [0.05, 0.1) is 26.6 Å². The third-order valence-electron chi connectivity index (χ3n) is 6.92. The summed E-state index contributed by atoms with van der Waals surface area (Å²) in [5, 5.41) is 16.1. The van der Waals surface area contributed by atoms with Crippen LogP contribution in [0.2, 0.25) is 0 Å². The van der Waals surface area contributed by atoms with Crippen molar-refractivity contribution in [3.8, 4) is 11.3 Å². The van der Waals surface area contributed by atoms with Crippen molar-refractivity contribution >= 4 is 62.3 Å². The van der Waals surface area contributed by atoms with E-state index in [-0.39, 0.29) is 29.6 Å². The molecule has 1 aliphatic heterocycles. The van der Waals surface area contributed by atoms with E-state index in [2.05, 4.69) is 5.32 Å². The Hall–Kier alpha value is -5.35. The van der Waals surface area contributed by atoms with E-state index in [0.29, 0.717) is 27.7 Å². The van der Waals surface area contributed by atoms with Crippen LogP contribution in [0, 0.1) is 10.1 Å². The van der Waals surface area contributed by atoms with Crippen LogP contribution in [0.1, 0.15) is 15.9 Å². The maximum absolute atomic E-state index is 13.4. The Morgan fingerprint density at radius 1 is 0.929 bits per heavy atom. The van der Waals surface area contributed by atoms with Gasteiger partial charge in [0.15, 0.2) is 0 Å². The van der Waals surface area contributed by atoms with Crippen LogP contribution in [-0.2, 0) is 4.79 Å². The Kier molecular flexibility index (Phi) is 7.20. The second kappa shape index (κ2) is 11.3. The predicted molar refractivity (Wildman–Crippen MR) is 163 cm³/mol. The minimum Gasteiger partial charge on any atom is -0.350 e. The van der Waals surface area contributed by atoms with Crippen molar-refractivity contribution in [2.24, 2.45) is 0 Å². The van der Waals surface area contributed by atoms with Gasteiger partial charge in [-0.2, -0.15) is 0 Å². The highest BCUT2D eigenvalue weighted by Crippen LogP contribution is 2.33. The van der Waals surface area contributed by atoms with Crippen LogP contribution in [0.25, 0.3) is 39.0 Å². The van der Waals surface area contributed by atoms with Crippen LogP contribution in [0.3, 0.4) is 0 Å². The summed E-state index contributed by atoms with van der Waals surface area (Å²) in [6, 6.07) is 28.8. The fourth-order valence-corrected chi connectivity index (χ4v) is 5.73. The maximum Gasteiger partial charge on any atom is 0.293 e. The first-order valence-electron chi connectivity index (χ1n) is 13.0. The summed E-state index contributed by atoms with van der Waals surface area (Å²) < 4.78 is 0. The highest BCUT2D eigenvalue weighted by atomic mass is 32.2. The molecule has 6 rings (SSSR count). The van der Waals surface area contributed by atoms with Gasteiger partial charge in [0.1, 0.15) is 0 Å². The standard InChI is InChI=1S/C32H22N4O5S/c37-30(33-16-17-35-31(38)29(42-32(35)39)18-20-12-14-22(15-13-20)36(40)41)26-19-28(34-27-11-4-3-9-25(26)27)24-10-5-7-21-6-1-2-8-23(21)24/h1-15,18-19H,16-17H2,(H,33,37)/b29-18+. The molecule has 9 nitrogen and oxygen atoms in total. The van der Waals surface area contributed by atoms with Crippen molar-refractivity contribution in [1.82, 2.24) is 15.2 Å². The van der Waals surface area contributed by atoms with Crippen LogP contribution in [0.4, 0.5) is 10.5 Å². The third-order valence-corrected chi connectivity index (χ3v) is 7.83. The lowest BCUT2D eigenvalue weighted by Gasteiger charge is -2.14. The fourth-order valence-electron chi connectivity index (χ4n) is 4.86. The number of imide groups is 1. The van der Waals surface area contributed by atoms with E-state index in [1.807, 2.05) is 66.7 Å². The number of benzene rings is 4. The van der Waals surface area contributed by atoms with E-state index in [9.17, 15) is 24.5 Å². The van der Waals surface area contributed by atoms with Crippen LogP contribution < -0.4 is 5.32 Å². The summed E-state index contributed by atoms with van der Waals surface area (Å²) in [6.45, 7) is 0.0507. The molecule has 42 heavy (non-hydrogen) atoms. The lowest BCUT2D eigenvalue weighted by molar-refractivity contribution is -0.384. The number of nitro benzene ring substituents is 1.